The summed E-state index contributed by atoms with van der Waals surface area (Å²) in [6.45, 7) is 8.76. The van der Waals surface area contributed by atoms with E-state index >= 15 is 0 Å². The predicted octanol–water partition coefficient (Wildman–Crippen LogP) is 3.55. The van der Waals surface area contributed by atoms with Gasteiger partial charge in [0.05, 0.1) is 24.0 Å². The van der Waals surface area contributed by atoms with E-state index in [1.807, 2.05) is 26.0 Å². The summed E-state index contributed by atoms with van der Waals surface area (Å²) in [5.74, 6) is 0.0169. The van der Waals surface area contributed by atoms with E-state index in [0.29, 0.717) is 70.2 Å². The van der Waals surface area contributed by atoms with Crippen molar-refractivity contribution in [2.45, 2.75) is 26.9 Å². The fourth-order valence-electron chi connectivity index (χ4n) is 4.54. The SMILES string of the molecule is C=CCOc1cc(C=O)cc(N)c1NC/C=C/Cn1c(NC(=O)c2cc(C)nn2CC)nc2cc(C(N)=O)cc(OC)c21. The molecule has 0 saturated heterocycles. The lowest BCUT2D eigenvalue weighted by molar-refractivity contribution is 0.0995. The van der Waals surface area contributed by atoms with Crippen LogP contribution < -0.4 is 31.6 Å². The average Bonchev–Trinajstić information content (AvgIpc) is 3.55. The Morgan fingerprint density at radius 3 is 2.60 bits per heavy atom. The van der Waals surface area contributed by atoms with Crippen molar-refractivity contribution in [3.8, 4) is 11.5 Å². The molecule has 43 heavy (non-hydrogen) atoms. The van der Waals surface area contributed by atoms with E-state index in [4.69, 9.17) is 20.9 Å². The summed E-state index contributed by atoms with van der Waals surface area (Å²) < 4.78 is 14.6. The van der Waals surface area contributed by atoms with Crippen LogP contribution in [0.4, 0.5) is 17.3 Å². The highest BCUT2D eigenvalue weighted by atomic mass is 16.5. The zero-order valence-electron chi connectivity index (χ0n) is 24.2. The molecule has 0 fully saturated rings. The number of anilines is 3. The highest BCUT2D eigenvalue weighted by molar-refractivity contribution is 6.04. The maximum absolute atomic E-state index is 13.3. The van der Waals surface area contributed by atoms with Gasteiger partial charge in [-0.25, -0.2) is 4.98 Å². The molecule has 0 atom stereocenters. The zero-order chi connectivity index (χ0) is 31.1. The van der Waals surface area contributed by atoms with Crippen LogP contribution in [-0.2, 0) is 13.1 Å². The van der Waals surface area contributed by atoms with Crippen LogP contribution in [-0.4, -0.2) is 57.7 Å². The van der Waals surface area contributed by atoms with Gasteiger partial charge in [-0.05, 0) is 44.2 Å². The van der Waals surface area contributed by atoms with Crippen LogP contribution in [0.1, 0.15) is 43.8 Å². The van der Waals surface area contributed by atoms with Gasteiger partial charge < -0.3 is 30.8 Å². The predicted molar refractivity (Wildman–Crippen MR) is 165 cm³/mol. The number of primary amides is 1. The minimum absolute atomic E-state index is 0.221. The van der Waals surface area contributed by atoms with Crippen molar-refractivity contribution in [3.05, 3.63) is 77.7 Å². The summed E-state index contributed by atoms with van der Waals surface area (Å²) in [5.41, 5.74) is 15.3. The number of ether oxygens (including phenoxy) is 2. The Morgan fingerprint density at radius 2 is 1.93 bits per heavy atom. The first-order valence-corrected chi connectivity index (χ1v) is 13.5. The van der Waals surface area contributed by atoms with Gasteiger partial charge in [-0.2, -0.15) is 5.10 Å². The molecular weight excluding hydrogens is 552 g/mol. The molecular formula is C30H34N8O5. The normalized spacial score (nSPS) is 11.0. The Balaban J connectivity index is 1.64. The maximum atomic E-state index is 13.3. The highest BCUT2D eigenvalue weighted by Gasteiger charge is 2.21. The number of aldehydes is 1. The third kappa shape index (κ3) is 6.67. The zero-order valence-corrected chi connectivity index (χ0v) is 24.2. The summed E-state index contributed by atoms with van der Waals surface area (Å²) >= 11 is 0. The van der Waals surface area contributed by atoms with Crippen molar-refractivity contribution in [2.24, 2.45) is 5.73 Å². The topological polar surface area (TPSA) is 181 Å². The lowest BCUT2D eigenvalue weighted by Gasteiger charge is -2.15. The second kappa shape index (κ2) is 13.4. The van der Waals surface area contributed by atoms with Gasteiger partial charge in [0.15, 0.2) is 0 Å². The number of benzene rings is 2. The average molecular weight is 587 g/mol. The molecule has 0 bridgehead atoms. The number of amides is 2. The minimum Gasteiger partial charge on any atom is -0.494 e. The number of hydrogen-bond acceptors (Lipinski definition) is 9. The van der Waals surface area contributed by atoms with Crippen molar-refractivity contribution < 1.29 is 23.9 Å². The minimum atomic E-state index is -0.634. The lowest BCUT2D eigenvalue weighted by Crippen LogP contribution is -2.20. The van der Waals surface area contributed by atoms with Crippen LogP contribution in [0.25, 0.3) is 11.0 Å². The van der Waals surface area contributed by atoms with Crippen molar-refractivity contribution in [1.29, 1.82) is 0 Å². The summed E-state index contributed by atoms with van der Waals surface area (Å²) in [5, 5.41) is 10.4. The lowest BCUT2D eigenvalue weighted by atomic mass is 10.1. The molecule has 2 heterocycles. The van der Waals surface area contributed by atoms with E-state index in [1.54, 1.807) is 39.6 Å². The Kier molecular flexibility index (Phi) is 9.45. The number of fused-ring (bicyclic) bond motifs is 1. The fraction of sp³-hybridized carbons (Fsp3) is 0.233. The monoisotopic (exact) mass is 586 g/mol. The number of aromatic nitrogens is 4. The quantitative estimate of drug-likeness (QED) is 0.0975. The molecule has 0 spiro atoms. The molecule has 2 amide bonds. The number of allylic oxidation sites excluding steroid dienone is 1. The molecule has 224 valence electrons. The molecule has 0 aliphatic carbocycles. The van der Waals surface area contributed by atoms with Gasteiger partial charge in [0, 0.05) is 30.8 Å². The van der Waals surface area contributed by atoms with Gasteiger partial charge in [0.25, 0.3) is 5.91 Å². The first-order chi connectivity index (χ1) is 20.7. The van der Waals surface area contributed by atoms with Crippen LogP contribution in [0.3, 0.4) is 0 Å². The second-order valence-corrected chi connectivity index (χ2v) is 9.45. The standard InChI is InChI=1S/C30H34N8O5/c1-5-11-43-24-14-19(17-39)13-21(31)26(24)33-9-7-8-10-37-27-22(15-20(28(32)40)16-25(27)42-4)34-30(37)35-29(41)23-12-18(3)36-38(23)6-2/h5,7-8,12-17,33H,1,6,9-11,31H2,2-4H3,(H2,32,40)(H,34,35,41)/b8-7+. The van der Waals surface area contributed by atoms with Gasteiger partial charge in [-0.15, -0.1) is 0 Å². The van der Waals surface area contributed by atoms with Gasteiger partial charge in [0.2, 0.25) is 11.9 Å². The number of nitrogens with one attached hydrogen (secondary N) is 2. The summed E-state index contributed by atoms with van der Waals surface area (Å²) in [6, 6.07) is 7.94. The number of carbonyl (C=O) groups excluding carboxylic acids is 3. The number of nitrogen functional groups attached to an aromatic ring is 1. The molecule has 0 unspecified atom stereocenters. The molecule has 0 aliphatic rings. The van der Waals surface area contributed by atoms with E-state index in [9.17, 15) is 14.4 Å². The van der Waals surface area contributed by atoms with Crippen molar-refractivity contribution in [3.63, 3.8) is 0 Å². The first kappa shape index (κ1) is 30.4. The largest absolute Gasteiger partial charge is 0.494 e. The van der Waals surface area contributed by atoms with Crippen LogP contribution in [0.5, 0.6) is 11.5 Å². The molecule has 13 nitrogen and oxygen atoms in total. The second-order valence-electron chi connectivity index (χ2n) is 9.45. The Bertz CT molecular complexity index is 1720. The number of carbonyl (C=O) groups is 3. The van der Waals surface area contributed by atoms with Gasteiger partial charge in [-0.3, -0.25) is 24.4 Å². The van der Waals surface area contributed by atoms with Gasteiger partial charge in [0.1, 0.15) is 41.3 Å². The first-order valence-electron chi connectivity index (χ1n) is 13.5. The number of hydrogen-bond donors (Lipinski definition) is 4. The van der Waals surface area contributed by atoms with Crippen LogP contribution in [0.2, 0.25) is 0 Å². The van der Waals surface area contributed by atoms with Crippen LogP contribution in [0, 0.1) is 6.92 Å². The van der Waals surface area contributed by atoms with E-state index in [2.05, 4.69) is 27.3 Å². The van der Waals surface area contributed by atoms with E-state index in [0.717, 1.165) is 0 Å². The number of aryl methyl sites for hydroxylation is 2. The molecule has 4 rings (SSSR count). The molecule has 4 aromatic rings. The number of rotatable bonds is 14. The molecule has 6 N–H and O–H groups in total. The van der Waals surface area contributed by atoms with Crippen LogP contribution in [0.15, 0.2) is 55.1 Å². The van der Waals surface area contributed by atoms with Gasteiger partial charge in [-0.1, -0.05) is 24.8 Å². The molecule has 2 aromatic carbocycles. The molecule has 0 radical (unpaired) electrons. The van der Waals surface area contributed by atoms with Crippen LogP contribution >= 0.6 is 0 Å². The number of nitrogens with zero attached hydrogens (tertiary/aromatic N) is 4. The van der Waals surface area contributed by atoms with E-state index in [1.165, 1.54) is 13.2 Å². The number of imidazole rings is 1. The van der Waals surface area contributed by atoms with Gasteiger partial charge >= 0.3 is 0 Å². The van der Waals surface area contributed by atoms with E-state index < -0.39 is 5.91 Å². The molecule has 2 aromatic heterocycles. The number of methoxy groups -OCH3 is 1. The Morgan fingerprint density at radius 1 is 1.14 bits per heavy atom. The van der Waals surface area contributed by atoms with Crippen molar-refractivity contribution in [1.82, 2.24) is 19.3 Å². The Hall–Kier alpha value is -5.59. The summed E-state index contributed by atoms with van der Waals surface area (Å²) in [4.78, 5) is 41.1. The third-order valence-electron chi connectivity index (χ3n) is 6.47. The Labute approximate surface area is 248 Å². The number of nitrogens with two attached hydrogens (primary N) is 2. The molecule has 0 aliphatic heterocycles. The van der Waals surface area contributed by atoms with Crippen molar-refractivity contribution >= 4 is 46.5 Å². The van der Waals surface area contributed by atoms with E-state index in [-0.39, 0.29) is 30.6 Å². The maximum Gasteiger partial charge on any atom is 0.276 e. The summed E-state index contributed by atoms with van der Waals surface area (Å²) in [6.07, 6.45) is 6.02. The molecule has 13 heteroatoms. The highest BCUT2D eigenvalue weighted by Crippen LogP contribution is 2.33. The molecule has 0 saturated carbocycles. The fourth-order valence-corrected chi connectivity index (χ4v) is 4.54. The van der Waals surface area contributed by atoms with Crippen molar-refractivity contribution in [2.75, 3.05) is 36.6 Å². The summed E-state index contributed by atoms with van der Waals surface area (Å²) in [7, 11) is 1.48. The smallest absolute Gasteiger partial charge is 0.276 e. The third-order valence-corrected chi connectivity index (χ3v) is 6.47.